The van der Waals surface area contributed by atoms with Crippen LogP contribution in [0.25, 0.3) is 0 Å². The first-order valence-electron chi connectivity index (χ1n) is 11.4. The van der Waals surface area contributed by atoms with Crippen LogP contribution in [0.3, 0.4) is 0 Å². The minimum atomic E-state index is -2.01. The number of aromatic nitrogens is 1. The second-order valence-corrected chi connectivity index (χ2v) is 13.9. The third-order valence-electron chi connectivity index (χ3n) is 6.04. The van der Waals surface area contributed by atoms with Crippen molar-refractivity contribution in [2.45, 2.75) is 39.7 Å². The van der Waals surface area contributed by atoms with Crippen LogP contribution in [0.5, 0.6) is 5.75 Å². The summed E-state index contributed by atoms with van der Waals surface area (Å²) in [4.78, 5) is 42.4. The van der Waals surface area contributed by atoms with Gasteiger partial charge in [0.1, 0.15) is 5.75 Å². The van der Waals surface area contributed by atoms with Crippen LogP contribution < -0.4 is 14.5 Å². The minimum absolute atomic E-state index is 0.0178. The van der Waals surface area contributed by atoms with E-state index in [1.54, 1.807) is 7.11 Å². The van der Waals surface area contributed by atoms with Crippen LogP contribution in [0.15, 0.2) is 30.5 Å². The number of amides is 3. The number of halogens is 6. The minimum Gasteiger partial charge on any atom is -0.497 e. The number of hydrogen-bond donors (Lipinski definition) is 2. The molecule has 2 heterocycles. The van der Waals surface area contributed by atoms with E-state index < -0.39 is 32.0 Å². The lowest BCUT2D eigenvalue weighted by molar-refractivity contribution is -0.117. The molecule has 3 rings (SSSR count). The topological polar surface area (TPSA) is 120 Å². The Morgan fingerprint density at radius 3 is 2.15 bits per heavy atom. The quantitative estimate of drug-likeness (QED) is 0.291. The van der Waals surface area contributed by atoms with Crippen LogP contribution in [0.2, 0.25) is 0 Å². The van der Waals surface area contributed by atoms with Crippen molar-refractivity contribution in [1.29, 1.82) is 0 Å². The van der Waals surface area contributed by atoms with E-state index in [0.29, 0.717) is 12.8 Å². The van der Waals surface area contributed by atoms with Gasteiger partial charge in [-0.05, 0) is 42.0 Å². The zero-order valence-electron chi connectivity index (χ0n) is 20.3. The predicted molar refractivity (Wildman–Crippen MR) is 153 cm³/mol. The molecule has 1 atom stereocenters. The Balaban J connectivity index is 2.06. The second kappa shape index (κ2) is 12.7. The van der Waals surface area contributed by atoms with Crippen molar-refractivity contribution in [3.8, 4) is 5.75 Å². The number of rotatable bonds is 8. The third-order valence-corrected chi connectivity index (χ3v) is 6.84. The van der Waals surface area contributed by atoms with Crippen molar-refractivity contribution in [3.05, 3.63) is 47.2 Å². The highest BCUT2D eigenvalue weighted by molar-refractivity contribution is 6.68. The summed E-state index contributed by atoms with van der Waals surface area (Å²) in [7, 11) is 1.58. The summed E-state index contributed by atoms with van der Waals surface area (Å²) in [5.74, 6) is -0.208. The van der Waals surface area contributed by atoms with E-state index in [2.05, 4.69) is 4.98 Å². The van der Waals surface area contributed by atoms with Gasteiger partial charge in [0.05, 0.1) is 12.8 Å². The van der Waals surface area contributed by atoms with Crippen molar-refractivity contribution in [3.63, 3.8) is 0 Å². The Bertz CT molecular complexity index is 1220. The van der Waals surface area contributed by atoms with Gasteiger partial charge in [0.15, 0.2) is 13.4 Å². The molecule has 0 saturated carbocycles. The smallest absolute Gasteiger partial charge is 0.422 e. The van der Waals surface area contributed by atoms with Crippen molar-refractivity contribution in [2.75, 3.05) is 23.5 Å². The summed E-state index contributed by atoms with van der Waals surface area (Å²) in [6.45, 7) is 0.221. The SMILES string of the molecule is COc1ccc(CCC2CC(=O)N(c3c(CC(Cl)(Cl)Cl)cnc(N(C(=O)O)C(=O)O)c3CC(Cl)(Cl)Cl)C2)cc1. The van der Waals surface area contributed by atoms with Crippen LogP contribution in [0.4, 0.5) is 21.1 Å². The molecule has 9 nitrogen and oxygen atoms in total. The van der Waals surface area contributed by atoms with Crippen molar-refractivity contribution in [2.24, 2.45) is 5.92 Å². The van der Waals surface area contributed by atoms with Crippen LogP contribution >= 0.6 is 69.6 Å². The number of anilines is 2. The molecule has 1 aliphatic heterocycles. The summed E-state index contributed by atoms with van der Waals surface area (Å²) in [5, 5.41) is 19.2. The maximum Gasteiger partial charge on any atom is 0.422 e. The van der Waals surface area contributed by atoms with Crippen LogP contribution in [-0.2, 0) is 24.1 Å². The van der Waals surface area contributed by atoms with Gasteiger partial charge in [-0.25, -0.2) is 14.6 Å². The van der Waals surface area contributed by atoms with E-state index in [1.165, 1.54) is 4.90 Å². The monoisotopic (exact) mass is 659 g/mol. The summed E-state index contributed by atoms with van der Waals surface area (Å²) in [6, 6.07) is 7.57. The number of benzene rings is 1. The van der Waals surface area contributed by atoms with Gasteiger partial charge >= 0.3 is 12.2 Å². The van der Waals surface area contributed by atoms with E-state index in [4.69, 9.17) is 74.3 Å². The molecule has 1 saturated heterocycles. The van der Waals surface area contributed by atoms with Gasteiger partial charge in [0.2, 0.25) is 5.91 Å². The van der Waals surface area contributed by atoms with E-state index in [9.17, 15) is 24.6 Å². The Labute approximate surface area is 254 Å². The number of carboxylic acid groups (broad SMARTS) is 2. The van der Waals surface area contributed by atoms with Crippen LogP contribution in [0.1, 0.15) is 29.5 Å². The van der Waals surface area contributed by atoms with Crippen molar-refractivity contribution in [1.82, 2.24) is 4.98 Å². The van der Waals surface area contributed by atoms with Gasteiger partial charge in [-0.15, -0.1) is 0 Å². The lowest BCUT2D eigenvalue weighted by Crippen LogP contribution is -2.37. The number of alkyl halides is 6. The zero-order chi connectivity index (χ0) is 29.1. The Morgan fingerprint density at radius 1 is 1.05 bits per heavy atom. The van der Waals surface area contributed by atoms with E-state index >= 15 is 0 Å². The molecule has 39 heavy (non-hydrogen) atoms. The molecular formula is C24H23Cl6N3O6. The maximum absolute atomic E-state index is 13.3. The first-order valence-corrected chi connectivity index (χ1v) is 13.7. The predicted octanol–water partition coefficient (Wildman–Crippen LogP) is 7.06. The van der Waals surface area contributed by atoms with E-state index in [1.807, 2.05) is 24.3 Å². The largest absolute Gasteiger partial charge is 0.497 e. The molecule has 0 spiro atoms. The average molecular weight is 662 g/mol. The highest BCUT2D eigenvalue weighted by Gasteiger charge is 2.39. The fraction of sp³-hybridized carbons (Fsp3) is 0.417. The first kappa shape index (κ1) is 31.6. The summed E-state index contributed by atoms with van der Waals surface area (Å²) >= 11 is 36.4. The van der Waals surface area contributed by atoms with Crippen molar-refractivity contribution < 1.29 is 29.3 Å². The Kier molecular flexibility index (Phi) is 10.3. The van der Waals surface area contributed by atoms with E-state index in [0.717, 1.165) is 17.5 Å². The fourth-order valence-electron chi connectivity index (χ4n) is 4.43. The average Bonchev–Trinajstić information content (AvgIpc) is 3.17. The number of methoxy groups -OCH3 is 1. The summed E-state index contributed by atoms with van der Waals surface area (Å²) in [6.07, 6.45) is -1.74. The van der Waals surface area contributed by atoms with Gasteiger partial charge in [-0.1, -0.05) is 81.7 Å². The molecular weight excluding hydrogens is 639 g/mol. The van der Waals surface area contributed by atoms with Gasteiger partial charge in [0.25, 0.3) is 0 Å². The highest BCUT2D eigenvalue weighted by atomic mass is 35.6. The first-order chi connectivity index (χ1) is 18.1. The van der Waals surface area contributed by atoms with Gasteiger partial charge in [-0.3, -0.25) is 4.79 Å². The number of nitrogens with zero attached hydrogens (tertiary/aromatic N) is 3. The van der Waals surface area contributed by atoms with Gasteiger partial charge < -0.3 is 19.8 Å². The molecule has 0 radical (unpaired) electrons. The number of imide groups is 1. The molecule has 1 unspecified atom stereocenters. The van der Waals surface area contributed by atoms with Gasteiger partial charge in [0, 0.05) is 37.6 Å². The molecule has 3 amide bonds. The Morgan fingerprint density at radius 2 is 1.64 bits per heavy atom. The number of pyridine rings is 1. The molecule has 0 aliphatic carbocycles. The summed E-state index contributed by atoms with van der Waals surface area (Å²) < 4.78 is 1.34. The molecule has 2 aromatic rings. The summed E-state index contributed by atoms with van der Waals surface area (Å²) in [5.41, 5.74) is 1.29. The molecule has 1 aromatic heterocycles. The number of ether oxygens (including phenoxy) is 1. The molecule has 212 valence electrons. The van der Waals surface area contributed by atoms with E-state index in [-0.39, 0.29) is 52.9 Å². The normalized spacial score (nSPS) is 15.9. The third kappa shape index (κ3) is 8.55. The molecule has 0 bridgehead atoms. The zero-order valence-corrected chi connectivity index (χ0v) is 24.9. The molecule has 1 aromatic carbocycles. The number of hydrogen-bond acceptors (Lipinski definition) is 5. The molecule has 1 aliphatic rings. The number of aryl methyl sites for hydroxylation is 1. The van der Waals surface area contributed by atoms with Gasteiger partial charge in [-0.2, -0.15) is 4.90 Å². The molecule has 15 heteroatoms. The fourth-order valence-corrected chi connectivity index (χ4v) is 5.27. The van der Waals surface area contributed by atoms with Crippen LogP contribution in [-0.4, -0.2) is 54.5 Å². The lowest BCUT2D eigenvalue weighted by atomic mass is 9.98. The number of carbonyl (C=O) groups excluding carboxylic acids is 1. The number of carbonyl (C=O) groups is 3. The molecule has 2 N–H and O–H groups in total. The standard InChI is InChI=1S/C24H23Cl6N3O6/c1-39-16-6-4-13(5-7-16)2-3-14-8-18(34)32(12-14)19-15(9-23(25,26)27)11-31-20(17(19)10-24(28,29)30)33(21(35)36)22(37)38/h4-7,11,14H,2-3,8-10,12H2,1H3,(H,35,36)(H,37,38). The highest BCUT2D eigenvalue weighted by Crippen LogP contribution is 2.44. The van der Waals surface area contributed by atoms with Crippen molar-refractivity contribution >= 4 is 99.2 Å². The lowest BCUT2D eigenvalue weighted by Gasteiger charge is -2.29. The second-order valence-electron chi connectivity index (χ2n) is 8.88. The maximum atomic E-state index is 13.3. The Hall–Kier alpha value is -1.88. The molecule has 1 fully saturated rings. The van der Waals surface area contributed by atoms with Crippen LogP contribution in [0, 0.1) is 5.92 Å².